The molecule has 0 saturated carbocycles. The second kappa shape index (κ2) is 14.9. The van der Waals surface area contributed by atoms with Gasteiger partial charge in [-0.05, 0) is 73.5 Å². The van der Waals surface area contributed by atoms with Crippen LogP contribution in [0, 0.1) is 0 Å². The molecule has 0 unspecified atom stereocenters. The van der Waals surface area contributed by atoms with Crippen molar-refractivity contribution in [1.29, 1.82) is 0 Å². The highest BCUT2D eigenvalue weighted by Crippen LogP contribution is 2.33. The van der Waals surface area contributed by atoms with Gasteiger partial charge in [0.2, 0.25) is 0 Å². The molecule has 3 rings (SSSR count). The SMILES string of the molecule is CCCCOc1ccc([S+](c2ccccc2)c2ccc(OCCCC)cc2)cc1.O=S(=O)([O-])C(F)(F)F. The third-order valence-corrected chi connectivity index (χ3v) is 7.71. The van der Waals surface area contributed by atoms with E-state index >= 15 is 0 Å². The van der Waals surface area contributed by atoms with Gasteiger partial charge >= 0.3 is 5.51 Å². The molecule has 5 nitrogen and oxygen atoms in total. The van der Waals surface area contributed by atoms with Crippen molar-refractivity contribution in [3.63, 3.8) is 0 Å². The van der Waals surface area contributed by atoms with E-state index in [0.717, 1.165) is 50.4 Å². The summed E-state index contributed by atoms with van der Waals surface area (Å²) in [7, 11) is -6.25. The van der Waals surface area contributed by atoms with E-state index in [2.05, 4.69) is 92.7 Å². The van der Waals surface area contributed by atoms with Gasteiger partial charge in [0.25, 0.3) is 0 Å². The van der Waals surface area contributed by atoms with Crippen molar-refractivity contribution in [3.8, 4) is 11.5 Å². The molecule has 37 heavy (non-hydrogen) atoms. The summed E-state index contributed by atoms with van der Waals surface area (Å²) >= 11 is 0. The number of ether oxygens (including phenoxy) is 2. The second-order valence-electron chi connectivity index (χ2n) is 7.87. The van der Waals surface area contributed by atoms with Gasteiger partial charge in [-0.2, -0.15) is 13.2 Å². The van der Waals surface area contributed by atoms with E-state index in [4.69, 9.17) is 22.4 Å². The Bertz CT molecular complexity index is 1100. The molecule has 0 aromatic heterocycles. The maximum Gasteiger partial charge on any atom is 0.485 e. The van der Waals surface area contributed by atoms with Gasteiger partial charge in [-0.1, -0.05) is 44.9 Å². The first-order chi connectivity index (χ1) is 17.6. The maximum atomic E-state index is 10.7. The highest BCUT2D eigenvalue weighted by atomic mass is 32.2. The number of hydrogen-bond donors (Lipinski definition) is 0. The van der Waals surface area contributed by atoms with E-state index in [1.807, 2.05) is 0 Å². The first-order valence-corrected chi connectivity index (χ1v) is 14.5. The van der Waals surface area contributed by atoms with E-state index in [9.17, 15) is 13.2 Å². The molecule has 0 aliphatic carbocycles. The van der Waals surface area contributed by atoms with Crippen LogP contribution in [0.1, 0.15) is 39.5 Å². The summed E-state index contributed by atoms with van der Waals surface area (Å²) in [6, 6.07) is 27.9. The minimum absolute atomic E-state index is 0.157. The van der Waals surface area contributed by atoms with Crippen molar-refractivity contribution in [2.75, 3.05) is 13.2 Å². The zero-order valence-corrected chi connectivity index (χ0v) is 22.4. The molecule has 0 atom stereocenters. The number of unbranched alkanes of at least 4 members (excludes halogenated alkanes) is 2. The fourth-order valence-electron chi connectivity index (χ4n) is 2.98. The lowest BCUT2D eigenvalue weighted by atomic mass is 10.3. The van der Waals surface area contributed by atoms with Crippen molar-refractivity contribution < 1.29 is 35.6 Å². The quantitative estimate of drug-likeness (QED) is 0.108. The predicted octanol–water partition coefficient (Wildman–Crippen LogP) is 7.19. The van der Waals surface area contributed by atoms with Crippen LogP contribution in [0.3, 0.4) is 0 Å². The van der Waals surface area contributed by atoms with Crippen molar-refractivity contribution >= 4 is 21.0 Å². The van der Waals surface area contributed by atoms with Crippen molar-refractivity contribution in [2.45, 2.75) is 59.7 Å². The Morgan fingerprint density at radius 2 is 1.05 bits per heavy atom. The topological polar surface area (TPSA) is 75.7 Å². The zero-order chi connectivity index (χ0) is 27.3. The molecule has 0 N–H and O–H groups in total. The normalized spacial score (nSPS) is 11.5. The molecular formula is C27H31F3O5S2. The first kappa shape index (κ1) is 30.5. The molecule has 0 fully saturated rings. The molecule has 202 valence electrons. The van der Waals surface area contributed by atoms with Gasteiger partial charge in [0, 0.05) is 0 Å². The minimum Gasteiger partial charge on any atom is -0.741 e. The molecule has 0 aliphatic heterocycles. The lowest BCUT2D eigenvalue weighted by molar-refractivity contribution is -0.0517. The van der Waals surface area contributed by atoms with Crippen LogP contribution in [0.2, 0.25) is 0 Å². The van der Waals surface area contributed by atoms with E-state index in [0.29, 0.717) is 0 Å². The van der Waals surface area contributed by atoms with Gasteiger partial charge in [-0.15, -0.1) is 0 Å². The summed E-state index contributed by atoms with van der Waals surface area (Å²) in [5, 5.41) is 0. The Labute approximate surface area is 219 Å². The average Bonchev–Trinajstić information content (AvgIpc) is 2.86. The van der Waals surface area contributed by atoms with Crippen LogP contribution in [-0.2, 0) is 21.0 Å². The summed E-state index contributed by atoms with van der Waals surface area (Å²) in [5.74, 6) is 1.89. The number of alkyl halides is 3. The van der Waals surface area contributed by atoms with E-state index in [1.54, 1.807) is 0 Å². The Morgan fingerprint density at radius 3 is 1.38 bits per heavy atom. The molecular weight excluding hydrogens is 525 g/mol. The molecule has 10 heteroatoms. The molecule has 0 heterocycles. The molecule has 0 aliphatic rings. The van der Waals surface area contributed by atoms with Crippen LogP contribution < -0.4 is 9.47 Å². The van der Waals surface area contributed by atoms with Crippen molar-refractivity contribution in [3.05, 3.63) is 78.9 Å². The molecule has 0 saturated heterocycles. The maximum absolute atomic E-state index is 10.7. The van der Waals surface area contributed by atoms with Gasteiger partial charge in [-0.25, -0.2) is 8.42 Å². The van der Waals surface area contributed by atoms with Crippen molar-refractivity contribution in [1.82, 2.24) is 0 Å². The lowest BCUT2D eigenvalue weighted by Gasteiger charge is -2.10. The van der Waals surface area contributed by atoms with E-state index in [1.165, 1.54) is 14.7 Å². The molecule has 0 amide bonds. The monoisotopic (exact) mass is 556 g/mol. The standard InChI is InChI=1S/C26H31O2S.CHF3O3S/c1-3-5-20-27-22-12-16-25(17-13-22)29(24-10-8-7-9-11-24)26-18-14-23(15-19-26)28-21-6-4-2;2-1(3,4)8(5,6)7/h7-19H,3-6,20-21H2,1-2H3;(H,5,6,7)/q+1;/p-1. The van der Waals surface area contributed by atoms with Crippen LogP contribution >= 0.6 is 0 Å². The Morgan fingerprint density at radius 1 is 0.703 bits per heavy atom. The smallest absolute Gasteiger partial charge is 0.485 e. The van der Waals surface area contributed by atoms with Gasteiger partial charge < -0.3 is 14.0 Å². The molecule has 0 spiro atoms. The molecule has 0 radical (unpaired) electrons. The number of hydrogen-bond acceptors (Lipinski definition) is 5. The zero-order valence-electron chi connectivity index (χ0n) is 20.7. The highest BCUT2D eigenvalue weighted by Gasteiger charge is 2.37. The Balaban J connectivity index is 0.000000521. The predicted molar refractivity (Wildman–Crippen MR) is 138 cm³/mol. The number of halogens is 3. The number of rotatable bonds is 11. The van der Waals surface area contributed by atoms with Crippen molar-refractivity contribution in [2.24, 2.45) is 0 Å². The van der Waals surface area contributed by atoms with Gasteiger partial charge in [0.1, 0.15) is 11.5 Å². The molecule has 3 aromatic rings. The first-order valence-electron chi connectivity index (χ1n) is 11.8. The van der Waals surface area contributed by atoms with E-state index in [-0.39, 0.29) is 10.9 Å². The largest absolute Gasteiger partial charge is 0.741 e. The Kier molecular flexibility index (Phi) is 12.3. The van der Waals surface area contributed by atoms with Crippen LogP contribution in [0.4, 0.5) is 13.2 Å². The van der Waals surface area contributed by atoms with Crippen LogP contribution in [-0.4, -0.2) is 31.7 Å². The second-order valence-corrected chi connectivity index (χ2v) is 11.3. The summed E-state index contributed by atoms with van der Waals surface area (Å²) < 4.78 is 70.6. The summed E-state index contributed by atoms with van der Waals surface area (Å²) in [6.07, 6.45) is 4.47. The van der Waals surface area contributed by atoms with Crippen LogP contribution in [0.25, 0.3) is 0 Å². The fraction of sp³-hybridized carbons (Fsp3) is 0.333. The lowest BCUT2D eigenvalue weighted by Crippen LogP contribution is -2.21. The van der Waals surface area contributed by atoms with Gasteiger partial charge in [0.05, 0.1) is 24.1 Å². The average molecular weight is 557 g/mol. The summed E-state index contributed by atoms with van der Waals surface area (Å²) in [6.45, 7) is 5.91. The third kappa shape index (κ3) is 10.3. The van der Waals surface area contributed by atoms with Crippen LogP contribution in [0.5, 0.6) is 11.5 Å². The minimum atomic E-state index is -6.09. The summed E-state index contributed by atoms with van der Waals surface area (Å²) in [4.78, 5) is 3.89. The van der Waals surface area contributed by atoms with Gasteiger partial charge in [-0.3, -0.25) is 0 Å². The molecule has 3 aromatic carbocycles. The third-order valence-electron chi connectivity index (χ3n) is 4.91. The van der Waals surface area contributed by atoms with E-state index < -0.39 is 15.6 Å². The number of benzene rings is 3. The highest BCUT2D eigenvalue weighted by molar-refractivity contribution is 7.97. The fourth-order valence-corrected chi connectivity index (χ4v) is 5.04. The molecule has 0 bridgehead atoms. The van der Waals surface area contributed by atoms with Gasteiger partial charge in [0.15, 0.2) is 24.8 Å². The summed E-state index contributed by atoms with van der Waals surface area (Å²) in [5.41, 5.74) is -5.65. The Hall–Kier alpha value is -2.69. The van der Waals surface area contributed by atoms with Crippen LogP contribution in [0.15, 0.2) is 93.5 Å².